The van der Waals surface area contributed by atoms with E-state index in [0.29, 0.717) is 28.5 Å². The van der Waals surface area contributed by atoms with E-state index in [4.69, 9.17) is 4.74 Å². The largest absolute Gasteiger partial charge is 0.381 e. The highest BCUT2D eigenvalue weighted by Crippen LogP contribution is 2.29. The summed E-state index contributed by atoms with van der Waals surface area (Å²) in [5, 5.41) is 13.0. The van der Waals surface area contributed by atoms with Gasteiger partial charge in [-0.05, 0) is 37.8 Å². The van der Waals surface area contributed by atoms with E-state index >= 15 is 0 Å². The van der Waals surface area contributed by atoms with E-state index < -0.39 is 0 Å². The van der Waals surface area contributed by atoms with Gasteiger partial charge in [0, 0.05) is 39.5 Å². The molecule has 3 N–H and O–H groups in total. The Morgan fingerprint density at radius 2 is 2.13 bits per heavy atom. The summed E-state index contributed by atoms with van der Waals surface area (Å²) in [7, 11) is 5.03. The molecule has 0 saturated heterocycles. The maximum Gasteiger partial charge on any atom is 0.274 e. The lowest BCUT2D eigenvalue weighted by atomic mass is 9.92. The number of hydrogen-bond donors (Lipinski definition) is 3. The number of rotatable bonds is 6. The monoisotopic (exact) mass is 425 g/mol. The van der Waals surface area contributed by atoms with Crippen LogP contribution >= 0.6 is 0 Å². The van der Waals surface area contributed by atoms with Crippen LogP contribution in [-0.4, -0.2) is 52.4 Å². The number of anilines is 3. The van der Waals surface area contributed by atoms with Gasteiger partial charge in [-0.2, -0.15) is 9.61 Å². The zero-order valence-electron chi connectivity index (χ0n) is 17.9. The molecule has 0 aromatic carbocycles. The standard InChI is InChI=1S/C21H27N7O3/c1-22-18-11-17(26-19-15(20(29)23-2)12-24-28(18)19)25-16-8-5-9-27(21(16)30)13-6-4-7-14(10-13)31-3/h5,8-9,11-14,22H,4,6-7,10H2,1-3H3,(H,23,29)(H,25,26). The molecule has 0 bridgehead atoms. The molecule has 0 radical (unpaired) electrons. The normalized spacial score (nSPS) is 18.7. The van der Waals surface area contributed by atoms with Crippen molar-refractivity contribution in [3.63, 3.8) is 0 Å². The average molecular weight is 425 g/mol. The number of aromatic nitrogens is 4. The Morgan fingerprint density at radius 1 is 1.29 bits per heavy atom. The minimum absolute atomic E-state index is 0.103. The van der Waals surface area contributed by atoms with Crippen LogP contribution in [0.2, 0.25) is 0 Å². The quantitative estimate of drug-likeness (QED) is 0.554. The number of carbonyl (C=O) groups is 1. The SMILES string of the molecule is CNC(=O)c1cnn2c(NC)cc(Nc3cccn(C4CCCC(OC)C4)c3=O)nc12. The van der Waals surface area contributed by atoms with E-state index in [2.05, 4.69) is 26.0 Å². The number of hydrogen-bond acceptors (Lipinski definition) is 7. The molecular formula is C21H27N7O3. The van der Waals surface area contributed by atoms with Gasteiger partial charge in [0.1, 0.15) is 22.9 Å². The minimum atomic E-state index is -0.284. The second-order valence-electron chi connectivity index (χ2n) is 7.59. The molecule has 3 heterocycles. The van der Waals surface area contributed by atoms with Gasteiger partial charge >= 0.3 is 0 Å². The molecule has 3 aromatic heterocycles. The molecule has 0 aliphatic heterocycles. The lowest BCUT2D eigenvalue weighted by Gasteiger charge is -2.29. The van der Waals surface area contributed by atoms with Crippen molar-refractivity contribution in [3.8, 4) is 0 Å². The second kappa shape index (κ2) is 8.76. The number of pyridine rings is 1. The Balaban J connectivity index is 1.69. The Hall–Kier alpha value is -3.40. The van der Waals surface area contributed by atoms with Crippen LogP contribution in [0.1, 0.15) is 42.1 Å². The van der Waals surface area contributed by atoms with E-state index in [-0.39, 0.29) is 23.6 Å². The number of fused-ring (bicyclic) bond motifs is 1. The third-order valence-corrected chi connectivity index (χ3v) is 5.76. The zero-order valence-corrected chi connectivity index (χ0v) is 17.9. The molecule has 0 spiro atoms. The molecule has 1 fully saturated rings. The van der Waals surface area contributed by atoms with E-state index in [1.165, 1.54) is 6.20 Å². The van der Waals surface area contributed by atoms with E-state index in [0.717, 1.165) is 25.7 Å². The number of methoxy groups -OCH3 is 1. The first kappa shape index (κ1) is 20.9. The van der Waals surface area contributed by atoms with E-state index in [1.807, 2.05) is 12.3 Å². The van der Waals surface area contributed by atoms with Gasteiger partial charge in [0.05, 0.1) is 12.3 Å². The summed E-state index contributed by atoms with van der Waals surface area (Å²) in [4.78, 5) is 29.9. The average Bonchev–Trinajstić information content (AvgIpc) is 3.23. The Kier molecular flexibility index (Phi) is 5.90. The fraction of sp³-hybridized carbons (Fsp3) is 0.429. The first-order valence-electron chi connectivity index (χ1n) is 10.3. The third kappa shape index (κ3) is 3.98. The van der Waals surface area contributed by atoms with Gasteiger partial charge in [0.15, 0.2) is 5.65 Å². The van der Waals surface area contributed by atoms with Crippen LogP contribution in [0.3, 0.4) is 0 Å². The molecule has 1 amide bonds. The van der Waals surface area contributed by atoms with Crippen molar-refractivity contribution in [2.75, 3.05) is 31.8 Å². The smallest absolute Gasteiger partial charge is 0.274 e. The number of amides is 1. The van der Waals surface area contributed by atoms with Crippen molar-refractivity contribution >= 4 is 28.9 Å². The Labute approximate surface area is 179 Å². The van der Waals surface area contributed by atoms with Crippen molar-refractivity contribution in [2.24, 2.45) is 0 Å². The van der Waals surface area contributed by atoms with Gasteiger partial charge in [0.2, 0.25) is 0 Å². The molecule has 164 valence electrons. The summed E-state index contributed by atoms with van der Waals surface area (Å²) in [5.74, 6) is 0.790. The van der Waals surface area contributed by atoms with E-state index in [9.17, 15) is 9.59 Å². The number of ether oxygens (including phenoxy) is 1. The molecule has 2 unspecified atom stereocenters. The summed E-state index contributed by atoms with van der Waals surface area (Å²) < 4.78 is 8.84. The topological polar surface area (TPSA) is 115 Å². The Bertz CT molecular complexity index is 1150. The predicted molar refractivity (Wildman–Crippen MR) is 118 cm³/mol. The first-order valence-corrected chi connectivity index (χ1v) is 10.3. The van der Waals surface area contributed by atoms with Crippen molar-refractivity contribution < 1.29 is 9.53 Å². The van der Waals surface area contributed by atoms with Crippen molar-refractivity contribution in [3.05, 3.63) is 46.5 Å². The molecule has 10 heteroatoms. The van der Waals surface area contributed by atoms with Crippen LogP contribution in [0, 0.1) is 0 Å². The molecule has 4 rings (SSSR count). The Morgan fingerprint density at radius 3 is 2.87 bits per heavy atom. The fourth-order valence-corrected chi connectivity index (χ4v) is 4.12. The van der Waals surface area contributed by atoms with Crippen LogP contribution in [0.5, 0.6) is 0 Å². The number of nitrogens with zero attached hydrogens (tertiary/aromatic N) is 4. The lowest BCUT2D eigenvalue weighted by molar-refractivity contribution is 0.0525. The van der Waals surface area contributed by atoms with Crippen molar-refractivity contribution in [1.82, 2.24) is 24.5 Å². The van der Waals surface area contributed by atoms with Gasteiger partial charge in [-0.15, -0.1) is 0 Å². The maximum absolute atomic E-state index is 13.2. The minimum Gasteiger partial charge on any atom is -0.381 e. The second-order valence-corrected chi connectivity index (χ2v) is 7.59. The lowest BCUT2D eigenvalue weighted by Crippen LogP contribution is -2.31. The molecule has 2 atom stereocenters. The van der Waals surface area contributed by atoms with Crippen LogP contribution in [-0.2, 0) is 4.74 Å². The van der Waals surface area contributed by atoms with E-state index in [1.54, 1.807) is 42.4 Å². The molecule has 1 saturated carbocycles. The molecule has 31 heavy (non-hydrogen) atoms. The van der Waals surface area contributed by atoms with Gasteiger partial charge < -0.3 is 25.3 Å². The van der Waals surface area contributed by atoms with Crippen molar-refractivity contribution in [2.45, 2.75) is 37.8 Å². The van der Waals surface area contributed by atoms with Gasteiger partial charge in [0.25, 0.3) is 11.5 Å². The molecule has 1 aliphatic carbocycles. The maximum atomic E-state index is 13.2. The van der Waals surface area contributed by atoms with Gasteiger partial charge in [-0.1, -0.05) is 0 Å². The van der Waals surface area contributed by atoms with Crippen molar-refractivity contribution in [1.29, 1.82) is 0 Å². The summed E-state index contributed by atoms with van der Waals surface area (Å²) in [6.45, 7) is 0. The summed E-state index contributed by atoms with van der Waals surface area (Å²) in [6.07, 6.45) is 7.29. The predicted octanol–water partition coefficient (Wildman–Crippen LogP) is 2.17. The molecule has 10 nitrogen and oxygen atoms in total. The van der Waals surface area contributed by atoms with Crippen LogP contribution in [0.15, 0.2) is 35.4 Å². The first-order chi connectivity index (χ1) is 15.0. The summed E-state index contributed by atoms with van der Waals surface area (Å²) in [5.41, 5.74) is 1.04. The highest BCUT2D eigenvalue weighted by molar-refractivity contribution is 5.99. The summed E-state index contributed by atoms with van der Waals surface area (Å²) >= 11 is 0. The number of carbonyl (C=O) groups excluding carboxylic acids is 1. The zero-order chi connectivity index (χ0) is 22.0. The van der Waals surface area contributed by atoms with Crippen LogP contribution < -0.4 is 21.5 Å². The fourth-order valence-electron chi connectivity index (χ4n) is 4.12. The third-order valence-electron chi connectivity index (χ3n) is 5.76. The molecule has 3 aromatic rings. The highest BCUT2D eigenvalue weighted by Gasteiger charge is 2.24. The molecule has 1 aliphatic rings. The summed E-state index contributed by atoms with van der Waals surface area (Å²) in [6, 6.07) is 5.43. The highest BCUT2D eigenvalue weighted by atomic mass is 16.5. The number of nitrogens with one attached hydrogen (secondary N) is 3. The molecular weight excluding hydrogens is 398 g/mol. The van der Waals surface area contributed by atoms with Crippen LogP contribution in [0.25, 0.3) is 5.65 Å². The van der Waals surface area contributed by atoms with Gasteiger partial charge in [-0.3, -0.25) is 9.59 Å². The van der Waals surface area contributed by atoms with Crippen LogP contribution in [0.4, 0.5) is 17.3 Å². The van der Waals surface area contributed by atoms with Gasteiger partial charge in [-0.25, -0.2) is 4.98 Å².